The third kappa shape index (κ3) is 8.27. The molecule has 0 atom stereocenters. The average Bonchev–Trinajstić information content (AvgIpc) is 2.71. The molecular weight excluding hydrogens is 354 g/mol. The summed E-state index contributed by atoms with van der Waals surface area (Å²) in [5.74, 6) is 0.712. The molecule has 0 bridgehead atoms. The number of benzene rings is 1. The number of guanidine groups is 1. The first kappa shape index (κ1) is 22.2. The van der Waals surface area contributed by atoms with Crippen molar-refractivity contribution in [2.75, 3.05) is 54.0 Å². The van der Waals surface area contributed by atoms with E-state index in [-0.39, 0.29) is 12.5 Å². The van der Waals surface area contributed by atoms with Gasteiger partial charge >= 0.3 is 0 Å². The second-order valence-electron chi connectivity index (χ2n) is 7.41. The topological polar surface area (TPSA) is 69.2 Å². The van der Waals surface area contributed by atoms with Gasteiger partial charge in [-0.1, -0.05) is 30.3 Å². The zero-order valence-electron chi connectivity index (χ0n) is 17.5. The summed E-state index contributed by atoms with van der Waals surface area (Å²) in [5, 5.41) is 6.83. The molecule has 1 aliphatic rings. The molecule has 0 aromatic heterocycles. The maximum atomic E-state index is 11.9. The summed E-state index contributed by atoms with van der Waals surface area (Å²) in [5.41, 5.74) is 1.36. The Morgan fingerprint density at radius 3 is 2.61 bits per heavy atom. The Balaban J connectivity index is 1.81. The molecule has 2 N–H and O–H groups in total. The molecule has 1 aromatic carbocycles. The third-order valence-corrected chi connectivity index (χ3v) is 4.87. The standard InChI is InChI=1S/C21H35N5O2/c1-25(2)20(27)16-23-21(22-12-7-15-28-3)24-19-10-13-26(14-11-19)17-18-8-5-4-6-9-18/h4-6,8-9,19H,7,10-17H2,1-3H3,(H2,22,23,24). The van der Waals surface area contributed by atoms with Gasteiger partial charge in [0.15, 0.2) is 5.96 Å². The number of aliphatic imine (C=N–C) groups is 1. The number of likely N-dealkylation sites (tertiary alicyclic amines) is 1. The van der Waals surface area contributed by atoms with Crippen molar-refractivity contribution in [2.24, 2.45) is 4.99 Å². The van der Waals surface area contributed by atoms with Crippen molar-refractivity contribution in [2.45, 2.75) is 31.8 Å². The van der Waals surface area contributed by atoms with Crippen LogP contribution in [0.4, 0.5) is 0 Å². The van der Waals surface area contributed by atoms with Gasteiger partial charge in [0, 0.05) is 60.0 Å². The molecule has 0 saturated carbocycles. The number of amides is 1. The van der Waals surface area contributed by atoms with Crippen LogP contribution in [0, 0.1) is 0 Å². The number of carbonyl (C=O) groups is 1. The number of likely N-dealkylation sites (N-methyl/N-ethyl adjacent to an activating group) is 1. The summed E-state index contributed by atoms with van der Waals surface area (Å²) in [4.78, 5) is 20.4. The number of rotatable bonds is 9. The molecule has 1 heterocycles. The number of ether oxygens (including phenoxy) is 1. The van der Waals surface area contributed by atoms with Crippen LogP contribution in [0.1, 0.15) is 24.8 Å². The first-order valence-electron chi connectivity index (χ1n) is 10.1. The fraction of sp³-hybridized carbons (Fsp3) is 0.619. The number of hydrogen-bond donors (Lipinski definition) is 2. The molecule has 2 rings (SSSR count). The molecule has 1 fully saturated rings. The van der Waals surface area contributed by atoms with E-state index >= 15 is 0 Å². The largest absolute Gasteiger partial charge is 0.385 e. The molecule has 1 aliphatic heterocycles. The highest BCUT2D eigenvalue weighted by Gasteiger charge is 2.20. The van der Waals surface area contributed by atoms with Crippen LogP contribution in [0.5, 0.6) is 0 Å². The van der Waals surface area contributed by atoms with E-state index in [9.17, 15) is 4.79 Å². The number of methoxy groups -OCH3 is 1. The second-order valence-corrected chi connectivity index (χ2v) is 7.41. The molecule has 28 heavy (non-hydrogen) atoms. The summed E-state index contributed by atoms with van der Waals surface area (Å²) in [6, 6.07) is 11.0. The van der Waals surface area contributed by atoms with Gasteiger partial charge in [-0.15, -0.1) is 0 Å². The molecule has 7 heteroatoms. The summed E-state index contributed by atoms with van der Waals surface area (Å²) >= 11 is 0. The van der Waals surface area contributed by atoms with Crippen LogP contribution in [0.25, 0.3) is 0 Å². The Morgan fingerprint density at radius 1 is 1.25 bits per heavy atom. The van der Waals surface area contributed by atoms with E-state index in [0.29, 0.717) is 18.6 Å². The molecule has 7 nitrogen and oxygen atoms in total. The predicted molar refractivity (Wildman–Crippen MR) is 113 cm³/mol. The van der Waals surface area contributed by atoms with E-state index in [1.165, 1.54) is 5.56 Å². The smallest absolute Gasteiger partial charge is 0.243 e. The molecular formula is C21H35N5O2. The number of nitrogens with one attached hydrogen (secondary N) is 2. The van der Waals surface area contributed by atoms with Crippen LogP contribution in [0.3, 0.4) is 0 Å². The van der Waals surface area contributed by atoms with Gasteiger partial charge in [-0.3, -0.25) is 9.69 Å². The van der Waals surface area contributed by atoms with E-state index in [0.717, 1.165) is 45.4 Å². The van der Waals surface area contributed by atoms with Gasteiger partial charge < -0.3 is 20.3 Å². The quantitative estimate of drug-likeness (QED) is 0.379. The van der Waals surface area contributed by atoms with Crippen LogP contribution in [0.15, 0.2) is 35.3 Å². The van der Waals surface area contributed by atoms with E-state index in [2.05, 4.69) is 50.9 Å². The Bertz CT molecular complexity index is 598. The highest BCUT2D eigenvalue weighted by Crippen LogP contribution is 2.13. The minimum absolute atomic E-state index is 0.00401. The highest BCUT2D eigenvalue weighted by atomic mass is 16.5. The number of hydrogen-bond acceptors (Lipinski definition) is 4. The lowest BCUT2D eigenvalue weighted by Gasteiger charge is -2.33. The van der Waals surface area contributed by atoms with Gasteiger partial charge in [-0.25, -0.2) is 4.99 Å². The Labute approximate surface area is 169 Å². The lowest BCUT2D eigenvalue weighted by atomic mass is 10.0. The maximum absolute atomic E-state index is 11.9. The van der Waals surface area contributed by atoms with Gasteiger partial charge in [0.1, 0.15) is 6.54 Å². The monoisotopic (exact) mass is 389 g/mol. The Kier molecular flexibility index (Phi) is 9.79. The Morgan fingerprint density at radius 2 is 1.96 bits per heavy atom. The molecule has 1 amide bonds. The van der Waals surface area contributed by atoms with Crippen LogP contribution in [-0.4, -0.2) is 81.7 Å². The molecule has 156 valence electrons. The van der Waals surface area contributed by atoms with Crippen molar-refractivity contribution in [1.29, 1.82) is 0 Å². The summed E-state index contributed by atoms with van der Waals surface area (Å²) < 4.78 is 5.10. The number of carbonyl (C=O) groups excluding carboxylic acids is 1. The lowest BCUT2D eigenvalue weighted by molar-refractivity contribution is -0.127. The van der Waals surface area contributed by atoms with Crippen molar-refractivity contribution in [3.05, 3.63) is 35.9 Å². The fourth-order valence-corrected chi connectivity index (χ4v) is 3.13. The number of piperidine rings is 1. The summed E-state index contributed by atoms with van der Waals surface area (Å²) in [6.45, 7) is 4.73. The normalized spacial score (nSPS) is 16.0. The second kappa shape index (κ2) is 12.4. The van der Waals surface area contributed by atoms with Crippen molar-refractivity contribution in [3.8, 4) is 0 Å². The highest BCUT2D eigenvalue weighted by molar-refractivity contribution is 5.84. The SMILES string of the molecule is COCCCNC(=NCC(=O)N(C)C)NC1CCN(Cc2ccccc2)CC1. The molecule has 0 unspecified atom stereocenters. The van der Waals surface area contributed by atoms with Gasteiger partial charge in [-0.2, -0.15) is 0 Å². The van der Waals surface area contributed by atoms with Crippen molar-refractivity contribution >= 4 is 11.9 Å². The van der Waals surface area contributed by atoms with Crippen molar-refractivity contribution in [3.63, 3.8) is 0 Å². The molecule has 0 spiro atoms. The van der Waals surface area contributed by atoms with E-state index in [4.69, 9.17) is 4.74 Å². The van der Waals surface area contributed by atoms with Crippen LogP contribution in [0.2, 0.25) is 0 Å². The Hall–Kier alpha value is -2.12. The molecule has 0 radical (unpaired) electrons. The minimum Gasteiger partial charge on any atom is -0.385 e. The first-order valence-corrected chi connectivity index (χ1v) is 10.1. The summed E-state index contributed by atoms with van der Waals surface area (Å²) in [6.07, 6.45) is 3.02. The maximum Gasteiger partial charge on any atom is 0.243 e. The van der Waals surface area contributed by atoms with Crippen LogP contribution >= 0.6 is 0 Å². The van der Waals surface area contributed by atoms with Gasteiger partial charge in [0.2, 0.25) is 5.91 Å². The van der Waals surface area contributed by atoms with Crippen LogP contribution in [-0.2, 0) is 16.1 Å². The molecule has 1 aromatic rings. The molecule has 1 saturated heterocycles. The third-order valence-electron chi connectivity index (χ3n) is 4.87. The van der Waals surface area contributed by atoms with Gasteiger partial charge in [-0.05, 0) is 24.8 Å². The zero-order chi connectivity index (χ0) is 20.2. The number of nitrogens with zero attached hydrogens (tertiary/aromatic N) is 3. The van der Waals surface area contributed by atoms with Crippen molar-refractivity contribution in [1.82, 2.24) is 20.4 Å². The zero-order valence-corrected chi connectivity index (χ0v) is 17.5. The minimum atomic E-state index is -0.00401. The van der Waals surface area contributed by atoms with E-state index in [1.807, 2.05) is 0 Å². The average molecular weight is 390 g/mol. The van der Waals surface area contributed by atoms with Gasteiger partial charge in [0.05, 0.1) is 0 Å². The van der Waals surface area contributed by atoms with Gasteiger partial charge in [0.25, 0.3) is 0 Å². The van der Waals surface area contributed by atoms with E-state index < -0.39 is 0 Å². The first-order chi connectivity index (χ1) is 13.6. The lowest BCUT2D eigenvalue weighted by Crippen LogP contribution is -2.49. The molecule has 0 aliphatic carbocycles. The van der Waals surface area contributed by atoms with Crippen molar-refractivity contribution < 1.29 is 9.53 Å². The predicted octanol–water partition coefficient (Wildman–Crippen LogP) is 1.31. The van der Waals surface area contributed by atoms with E-state index in [1.54, 1.807) is 26.1 Å². The fourth-order valence-electron chi connectivity index (χ4n) is 3.13. The summed E-state index contributed by atoms with van der Waals surface area (Å²) in [7, 11) is 5.20. The van der Waals surface area contributed by atoms with Crippen LogP contribution < -0.4 is 10.6 Å².